The van der Waals surface area contributed by atoms with Crippen molar-refractivity contribution in [1.29, 1.82) is 0 Å². The first-order valence-corrected chi connectivity index (χ1v) is 4.44. The van der Waals surface area contributed by atoms with Gasteiger partial charge in [0, 0.05) is 11.2 Å². The summed E-state index contributed by atoms with van der Waals surface area (Å²) in [6, 6.07) is 0. The zero-order valence-corrected chi connectivity index (χ0v) is 8.17. The Morgan fingerprint density at radius 2 is 1.85 bits per heavy atom. The van der Waals surface area contributed by atoms with E-state index in [1.54, 1.807) is 0 Å². The molecule has 0 aromatic rings. The summed E-state index contributed by atoms with van der Waals surface area (Å²) >= 11 is 0. The molecule has 0 aliphatic heterocycles. The molecule has 1 atom stereocenters. The van der Waals surface area contributed by atoms with Gasteiger partial charge < -0.3 is 10.8 Å². The van der Waals surface area contributed by atoms with Crippen LogP contribution in [-0.4, -0.2) is 17.0 Å². The highest BCUT2D eigenvalue weighted by Crippen LogP contribution is 2.18. The van der Waals surface area contributed by atoms with Crippen LogP contribution < -0.4 is 5.73 Å². The first kappa shape index (κ1) is 11.9. The molecule has 0 rings (SSSR count). The molecule has 0 spiro atoms. The number of rotatable bonds is 6. The number of hydrogen-bond donors (Lipinski definition) is 1. The van der Waals surface area contributed by atoms with Crippen LogP contribution in [-0.2, 0) is 9.59 Å². The van der Waals surface area contributed by atoms with E-state index in [2.05, 4.69) is 0 Å². The Morgan fingerprint density at radius 3 is 2.15 bits per heavy atom. The van der Waals surface area contributed by atoms with Crippen LogP contribution in [0.3, 0.4) is 0 Å². The molecule has 1 amide bonds. The zero-order valence-electron chi connectivity index (χ0n) is 8.17. The Kier molecular flexibility index (Phi) is 5.11. The van der Waals surface area contributed by atoms with Crippen molar-refractivity contribution >= 4 is 11.9 Å². The van der Waals surface area contributed by atoms with E-state index in [1.807, 2.05) is 13.8 Å². The summed E-state index contributed by atoms with van der Waals surface area (Å²) in [4.78, 5) is 21.2. The third kappa shape index (κ3) is 7.31. The van der Waals surface area contributed by atoms with Gasteiger partial charge in [0.1, 0.15) is 6.42 Å². The molecule has 0 fully saturated rings. The average molecular weight is 188 g/mol. The lowest BCUT2D eigenvalue weighted by Gasteiger charge is -2.13. The summed E-state index contributed by atoms with van der Waals surface area (Å²) in [5, 5.41) is 6.81. The largest absolute Gasteiger partial charge is 0.565 e. The number of carbonyl (C=O) groups is 2. The van der Waals surface area contributed by atoms with Crippen LogP contribution >= 0.6 is 0 Å². The highest BCUT2D eigenvalue weighted by molar-refractivity contribution is 5.75. The van der Waals surface area contributed by atoms with Crippen LogP contribution in [0, 0.1) is 11.8 Å². The van der Waals surface area contributed by atoms with Crippen molar-refractivity contribution < 1.29 is 14.7 Å². The van der Waals surface area contributed by atoms with E-state index in [-0.39, 0.29) is 18.8 Å². The monoisotopic (exact) mass is 188 g/mol. The van der Waals surface area contributed by atoms with Gasteiger partial charge in [0.15, 0.2) is 0 Å². The maximum atomic E-state index is 10.6. The van der Waals surface area contributed by atoms with Gasteiger partial charge in [0.05, 0.1) is 0 Å². The standard InChI is InChI=1S/C9H17NO3/c1-6(2)3-7(4-8(10)11)5-9(12)13/h6-7H,3-5H2,1-2H3,(H2,10,11)(H,12,13)/p+1/t7-/m1/s1. The van der Waals surface area contributed by atoms with E-state index in [1.165, 1.54) is 0 Å². The zero-order chi connectivity index (χ0) is 10.4. The molecule has 0 heterocycles. The number of primary amides is 1. The fraction of sp³-hybridized carbons (Fsp3) is 0.778. The minimum Gasteiger partial charge on any atom is -0.565 e. The summed E-state index contributed by atoms with van der Waals surface area (Å²) < 4.78 is 0. The molecule has 4 N–H and O–H groups in total. The van der Waals surface area contributed by atoms with Gasteiger partial charge >= 0.3 is 5.97 Å². The summed E-state index contributed by atoms with van der Waals surface area (Å²) in [6.07, 6.45) is 1.12. The van der Waals surface area contributed by atoms with Crippen LogP contribution in [0.1, 0.15) is 33.1 Å². The van der Waals surface area contributed by atoms with Crippen molar-refractivity contribution in [2.75, 3.05) is 0 Å². The molecule has 13 heavy (non-hydrogen) atoms. The molecule has 0 unspecified atom stereocenters. The Hall–Kier alpha value is -1.06. The molecule has 0 bridgehead atoms. The van der Waals surface area contributed by atoms with Gasteiger partial charge in [0.2, 0.25) is 5.91 Å². The third-order valence-corrected chi connectivity index (χ3v) is 1.77. The van der Waals surface area contributed by atoms with Gasteiger partial charge in [-0.05, 0) is 18.3 Å². The summed E-state index contributed by atoms with van der Waals surface area (Å²) in [6.45, 7) is 4.03. The molecule has 76 valence electrons. The van der Waals surface area contributed by atoms with Crippen LogP contribution in [0.5, 0.6) is 0 Å². The van der Waals surface area contributed by atoms with Gasteiger partial charge in [-0.25, -0.2) is 0 Å². The highest BCUT2D eigenvalue weighted by atomic mass is 16.4. The quantitative estimate of drug-likeness (QED) is 0.602. The molecule has 0 aliphatic rings. The smallest absolute Gasteiger partial charge is 0.516 e. The lowest BCUT2D eigenvalue weighted by molar-refractivity contribution is -0.138. The van der Waals surface area contributed by atoms with E-state index in [0.717, 1.165) is 6.42 Å². The molecule has 4 nitrogen and oxygen atoms in total. The van der Waals surface area contributed by atoms with Gasteiger partial charge in [-0.3, -0.25) is 4.79 Å². The topological polar surface area (TPSA) is 83.1 Å². The maximum absolute atomic E-state index is 10.6. The second kappa shape index (κ2) is 5.56. The van der Waals surface area contributed by atoms with E-state index >= 15 is 0 Å². The number of amides is 1. The predicted octanol–water partition coefficient (Wildman–Crippen LogP) is 0.165. The second-order valence-corrected chi connectivity index (χ2v) is 3.79. The first-order chi connectivity index (χ1) is 5.91. The SMILES string of the molecule is CC(C)C[C@H](CC(N)=O)CC(=O)[OH2+]. The van der Waals surface area contributed by atoms with Gasteiger partial charge in [-0.1, -0.05) is 13.8 Å². The van der Waals surface area contributed by atoms with E-state index in [4.69, 9.17) is 10.8 Å². The van der Waals surface area contributed by atoms with Crippen LogP contribution in [0.2, 0.25) is 0 Å². The van der Waals surface area contributed by atoms with E-state index in [0.29, 0.717) is 5.92 Å². The average Bonchev–Trinajstić information content (AvgIpc) is 1.80. The Morgan fingerprint density at radius 1 is 1.31 bits per heavy atom. The van der Waals surface area contributed by atoms with Crippen LogP contribution in [0.25, 0.3) is 0 Å². The fourth-order valence-corrected chi connectivity index (χ4v) is 1.45. The van der Waals surface area contributed by atoms with Gasteiger partial charge in [0.25, 0.3) is 0 Å². The molecule has 0 radical (unpaired) electrons. The number of nitrogens with two attached hydrogens (primary N) is 1. The van der Waals surface area contributed by atoms with Gasteiger partial charge in [-0.2, -0.15) is 0 Å². The highest BCUT2D eigenvalue weighted by Gasteiger charge is 2.20. The molecule has 0 saturated heterocycles. The molecule has 4 heteroatoms. The summed E-state index contributed by atoms with van der Waals surface area (Å²) in [5.74, 6) is -0.648. The number of hydrogen-bond acceptors (Lipinski definition) is 2. The summed E-state index contributed by atoms with van der Waals surface area (Å²) in [7, 11) is 0. The lowest BCUT2D eigenvalue weighted by atomic mass is 9.91. The van der Waals surface area contributed by atoms with Crippen molar-refractivity contribution in [2.45, 2.75) is 33.1 Å². The van der Waals surface area contributed by atoms with E-state index in [9.17, 15) is 9.59 Å². The van der Waals surface area contributed by atoms with Crippen LogP contribution in [0.4, 0.5) is 0 Å². The third-order valence-electron chi connectivity index (χ3n) is 1.77. The second-order valence-electron chi connectivity index (χ2n) is 3.79. The van der Waals surface area contributed by atoms with Crippen molar-refractivity contribution in [3.8, 4) is 0 Å². The minimum atomic E-state index is -0.619. The summed E-state index contributed by atoms with van der Waals surface area (Å²) in [5.41, 5.74) is 5.03. The van der Waals surface area contributed by atoms with Crippen LogP contribution in [0.15, 0.2) is 0 Å². The van der Waals surface area contributed by atoms with Crippen molar-refractivity contribution in [3.63, 3.8) is 0 Å². The van der Waals surface area contributed by atoms with Crippen molar-refractivity contribution in [1.82, 2.24) is 0 Å². The van der Waals surface area contributed by atoms with Crippen molar-refractivity contribution in [2.24, 2.45) is 17.6 Å². The molecule has 0 saturated carbocycles. The first-order valence-electron chi connectivity index (χ1n) is 4.44. The molecular formula is C9H18NO3+. The fourth-order valence-electron chi connectivity index (χ4n) is 1.45. The molecule has 0 aromatic carbocycles. The Labute approximate surface area is 78.1 Å². The van der Waals surface area contributed by atoms with Gasteiger partial charge in [-0.15, -0.1) is 0 Å². The predicted molar refractivity (Wildman–Crippen MR) is 50.0 cm³/mol. The maximum Gasteiger partial charge on any atom is 0.516 e. The lowest BCUT2D eigenvalue weighted by Crippen LogP contribution is -2.19. The molecule has 0 aliphatic carbocycles. The number of carbonyl (C=O) groups excluding carboxylic acids is 2. The Bertz CT molecular complexity index is 173. The van der Waals surface area contributed by atoms with Crippen molar-refractivity contribution in [3.05, 3.63) is 0 Å². The normalized spacial score (nSPS) is 12.8. The van der Waals surface area contributed by atoms with E-state index < -0.39 is 11.9 Å². The molecular weight excluding hydrogens is 170 g/mol. The minimum absolute atomic E-state index is 0.0532. The molecule has 0 aromatic heterocycles. The Balaban J connectivity index is 4.02.